The Labute approximate surface area is 210 Å². The van der Waals surface area contributed by atoms with Crippen LogP contribution in [0, 0.1) is 10.1 Å². The minimum atomic E-state index is -0.361. The monoisotopic (exact) mass is 498 g/mol. The largest absolute Gasteiger partial charge is 0.362 e. The van der Waals surface area contributed by atoms with Crippen LogP contribution < -0.4 is 4.90 Å². The third kappa shape index (κ3) is 3.89. The highest BCUT2D eigenvalue weighted by atomic mass is 32.2. The molecule has 0 radical (unpaired) electrons. The molecule has 0 bridgehead atoms. The molecule has 0 atom stereocenters. The number of nitrogens with zero attached hydrogens (tertiary/aromatic N) is 6. The fourth-order valence-electron chi connectivity index (χ4n) is 4.71. The van der Waals surface area contributed by atoms with E-state index in [-0.39, 0.29) is 22.3 Å². The highest BCUT2D eigenvalue weighted by Crippen LogP contribution is 2.30. The van der Waals surface area contributed by atoms with Crippen molar-refractivity contribution in [3.63, 3.8) is 0 Å². The molecule has 0 spiro atoms. The summed E-state index contributed by atoms with van der Waals surface area (Å²) >= 11 is 1.41. The zero-order chi connectivity index (χ0) is 24.6. The molecule has 9 nitrogen and oxygen atoms in total. The normalized spacial score (nSPS) is 14.1. The van der Waals surface area contributed by atoms with Crippen LogP contribution in [-0.4, -0.2) is 62.0 Å². The molecule has 0 N–H and O–H groups in total. The molecule has 0 saturated carbocycles. The van der Waals surface area contributed by atoms with Crippen LogP contribution in [-0.2, 0) is 4.79 Å². The molecule has 1 aliphatic rings. The molecule has 2 aromatic heterocycles. The number of imidazole rings is 1. The van der Waals surface area contributed by atoms with Gasteiger partial charge in [-0.25, -0.2) is 9.97 Å². The number of hydrogen-bond acceptors (Lipinski definition) is 7. The minimum Gasteiger partial charge on any atom is -0.362 e. The second-order valence-corrected chi connectivity index (χ2v) is 9.52. The number of nitro benzene ring substituents is 1. The van der Waals surface area contributed by atoms with Gasteiger partial charge in [-0.15, -0.1) is 0 Å². The molecule has 1 saturated heterocycles. The van der Waals surface area contributed by atoms with Gasteiger partial charge in [0.05, 0.1) is 27.2 Å². The van der Waals surface area contributed by atoms with Gasteiger partial charge < -0.3 is 9.80 Å². The summed E-state index contributed by atoms with van der Waals surface area (Å²) in [5.74, 6) is 0.271. The predicted molar refractivity (Wildman–Crippen MR) is 141 cm³/mol. The Morgan fingerprint density at radius 3 is 2.39 bits per heavy atom. The van der Waals surface area contributed by atoms with E-state index in [0.29, 0.717) is 31.9 Å². The number of benzene rings is 3. The summed E-state index contributed by atoms with van der Waals surface area (Å²) in [6.45, 7) is 2.12. The van der Waals surface area contributed by atoms with Crippen molar-refractivity contribution in [2.24, 2.45) is 0 Å². The molecule has 3 aromatic carbocycles. The number of para-hydroxylation sites is 5. The van der Waals surface area contributed by atoms with Crippen molar-refractivity contribution in [2.45, 2.75) is 5.16 Å². The summed E-state index contributed by atoms with van der Waals surface area (Å²) < 4.78 is 2.03. The van der Waals surface area contributed by atoms with E-state index in [1.807, 2.05) is 62.7 Å². The van der Waals surface area contributed by atoms with Crippen molar-refractivity contribution >= 4 is 56.6 Å². The van der Waals surface area contributed by atoms with Crippen LogP contribution in [0.3, 0.4) is 0 Å². The summed E-state index contributed by atoms with van der Waals surface area (Å²) in [5.41, 5.74) is 4.20. The minimum absolute atomic E-state index is 0.0229. The Morgan fingerprint density at radius 2 is 1.58 bits per heavy atom. The number of hydrogen-bond donors (Lipinski definition) is 0. The molecule has 5 aromatic rings. The second kappa shape index (κ2) is 9.12. The fourth-order valence-corrected chi connectivity index (χ4v) is 5.62. The number of nitro groups is 1. The van der Waals surface area contributed by atoms with Crippen molar-refractivity contribution in [1.82, 2.24) is 19.3 Å². The van der Waals surface area contributed by atoms with Gasteiger partial charge >= 0.3 is 0 Å². The summed E-state index contributed by atoms with van der Waals surface area (Å²) in [4.78, 5) is 37.6. The van der Waals surface area contributed by atoms with E-state index in [1.54, 1.807) is 18.2 Å². The molecule has 6 rings (SSSR count). The molecule has 36 heavy (non-hydrogen) atoms. The van der Waals surface area contributed by atoms with Crippen LogP contribution in [0.2, 0.25) is 0 Å². The first-order valence-corrected chi connectivity index (χ1v) is 12.6. The highest BCUT2D eigenvalue weighted by molar-refractivity contribution is 7.99. The van der Waals surface area contributed by atoms with E-state index < -0.39 is 0 Å². The summed E-state index contributed by atoms with van der Waals surface area (Å²) in [5, 5.41) is 13.1. The topological polar surface area (TPSA) is 96.9 Å². The lowest BCUT2D eigenvalue weighted by atomic mass is 10.2. The van der Waals surface area contributed by atoms with Crippen molar-refractivity contribution in [3.05, 3.63) is 82.9 Å². The lowest BCUT2D eigenvalue weighted by Crippen LogP contribution is -2.49. The molecule has 3 heterocycles. The Bertz CT molecular complexity index is 1630. The Morgan fingerprint density at radius 1 is 0.889 bits per heavy atom. The molecule has 10 heteroatoms. The quantitative estimate of drug-likeness (QED) is 0.153. The van der Waals surface area contributed by atoms with Crippen LogP contribution in [0.15, 0.2) is 78.0 Å². The van der Waals surface area contributed by atoms with Crippen molar-refractivity contribution in [2.75, 3.05) is 36.8 Å². The van der Waals surface area contributed by atoms with Gasteiger partial charge in [0.1, 0.15) is 11.3 Å². The number of anilines is 1. The molecule has 180 valence electrons. The van der Waals surface area contributed by atoms with Crippen LogP contribution in [0.5, 0.6) is 0 Å². The third-order valence-electron chi connectivity index (χ3n) is 6.49. The second-order valence-electron chi connectivity index (χ2n) is 8.57. The van der Waals surface area contributed by atoms with E-state index >= 15 is 0 Å². The van der Waals surface area contributed by atoms with Crippen LogP contribution in [0.25, 0.3) is 27.6 Å². The van der Waals surface area contributed by atoms with Gasteiger partial charge in [-0.05, 0) is 30.3 Å². The maximum absolute atomic E-state index is 13.1. The van der Waals surface area contributed by atoms with Crippen LogP contribution >= 0.6 is 11.8 Å². The average Bonchev–Trinajstić information content (AvgIpc) is 3.32. The van der Waals surface area contributed by atoms with Crippen molar-refractivity contribution < 1.29 is 9.72 Å². The predicted octanol–water partition coefficient (Wildman–Crippen LogP) is 4.38. The van der Waals surface area contributed by atoms with Crippen molar-refractivity contribution in [3.8, 4) is 0 Å². The lowest BCUT2D eigenvalue weighted by Gasteiger charge is -2.35. The Kier molecular flexibility index (Phi) is 5.65. The van der Waals surface area contributed by atoms with Crippen LogP contribution in [0.4, 0.5) is 11.4 Å². The highest BCUT2D eigenvalue weighted by Gasteiger charge is 2.26. The number of fused-ring (bicyclic) bond motifs is 5. The standard InChI is InChI=1S/C26H22N6O3S/c33-24(30-15-13-29(14-16-30)22-11-5-6-12-23(22)32(34)35)17-36-26-28-19-8-2-1-7-18(19)25-27-20-9-3-4-10-21(20)31(25)26/h1-12H,13-17H2. The van der Waals surface area contributed by atoms with Gasteiger partial charge in [0.25, 0.3) is 5.69 Å². The van der Waals surface area contributed by atoms with Gasteiger partial charge in [0.15, 0.2) is 5.16 Å². The van der Waals surface area contributed by atoms with Gasteiger partial charge in [0.2, 0.25) is 5.91 Å². The molecule has 1 aliphatic heterocycles. The first kappa shape index (κ1) is 22.3. The number of carbonyl (C=O) groups is 1. The molecule has 1 fully saturated rings. The average molecular weight is 499 g/mol. The Hall–Kier alpha value is -4.18. The zero-order valence-corrected chi connectivity index (χ0v) is 20.1. The number of amides is 1. The SMILES string of the molecule is O=C(CSc1nc2ccccc2c2nc3ccccc3n12)N1CCN(c2ccccc2[N+](=O)[O-])CC1. The number of aromatic nitrogens is 3. The van der Waals surface area contributed by atoms with E-state index in [0.717, 1.165) is 32.7 Å². The summed E-state index contributed by atoms with van der Waals surface area (Å²) in [7, 11) is 0. The zero-order valence-electron chi connectivity index (χ0n) is 19.3. The number of rotatable bonds is 5. The number of piperazine rings is 1. The smallest absolute Gasteiger partial charge is 0.292 e. The van der Waals surface area contributed by atoms with Gasteiger partial charge in [-0.1, -0.05) is 48.2 Å². The molecule has 1 amide bonds. The molecule has 0 unspecified atom stereocenters. The Balaban J connectivity index is 1.21. The van der Waals surface area contributed by atoms with Crippen LogP contribution in [0.1, 0.15) is 0 Å². The van der Waals surface area contributed by atoms with Gasteiger partial charge in [0, 0.05) is 37.6 Å². The number of thioether (sulfide) groups is 1. The van der Waals surface area contributed by atoms with E-state index in [1.165, 1.54) is 17.8 Å². The molecule has 0 aliphatic carbocycles. The van der Waals surface area contributed by atoms with Crippen molar-refractivity contribution in [1.29, 1.82) is 0 Å². The first-order valence-electron chi connectivity index (χ1n) is 11.6. The van der Waals surface area contributed by atoms with Gasteiger partial charge in [-0.3, -0.25) is 19.3 Å². The van der Waals surface area contributed by atoms with E-state index in [4.69, 9.17) is 9.97 Å². The van der Waals surface area contributed by atoms with Gasteiger partial charge in [-0.2, -0.15) is 0 Å². The fraction of sp³-hybridized carbons (Fsp3) is 0.192. The number of carbonyl (C=O) groups excluding carboxylic acids is 1. The van der Waals surface area contributed by atoms with E-state index in [2.05, 4.69) is 0 Å². The maximum Gasteiger partial charge on any atom is 0.292 e. The lowest BCUT2D eigenvalue weighted by molar-refractivity contribution is -0.384. The molecular formula is C26H22N6O3S. The maximum atomic E-state index is 13.1. The first-order chi connectivity index (χ1) is 17.6. The molecular weight excluding hydrogens is 476 g/mol. The third-order valence-corrected chi connectivity index (χ3v) is 7.41. The summed E-state index contributed by atoms with van der Waals surface area (Å²) in [6.07, 6.45) is 0. The van der Waals surface area contributed by atoms with E-state index in [9.17, 15) is 14.9 Å². The summed E-state index contributed by atoms with van der Waals surface area (Å²) in [6, 6.07) is 22.6.